The molecule has 0 fully saturated rings. The zero-order valence-electron chi connectivity index (χ0n) is 15.0. The second-order valence-electron chi connectivity index (χ2n) is 6.81. The van der Waals surface area contributed by atoms with E-state index in [0.29, 0.717) is 22.3 Å². The van der Waals surface area contributed by atoms with Gasteiger partial charge in [-0.25, -0.2) is 9.67 Å². The number of aryl methyl sites for hydroxylation is 2. The summed E-state index contributed by atoms with van der Waals surface area (Å²) in [5.74, 6) is 1.43. The minimum absolute atomic E-state index is 0.0149. The Hall–Kier alpha value is -2.31. The summed E-state index contributed by atoms with van der Waals surface area (Å²) in [6.07, 6.45) is 3.35. The first kappa shape index (κ1) is 18.1. The summed E-state index contributed by atoms with van der Waals surface area (Å²) in [6.45, 7) is 4.73. The van der Waals surface area contributed by atoms with Gasteiger partial charge in [0.05, 0.1) is 15.7 Å². The molecule has 6 nitrogen and oxygen atoms in total. The largest absolute Gasteiger partial charge is 0.332 e. The lowest BCUT2D eigenvalue weighted by Gasteiger charge is -2.23. The van der Waals surface area contributed by atoms with Gasteiger partial charge in [0.15, 0.2) is 5.82 Å². The molecule has 4 rings (SSSR count). The summed E-state index contributed by atoms with van der Waals surface area (Å²) in [4.78, 5) is 17.0. The number of nitrogens with zero attached hydrogens (tertiary/aromatic N) is 4. The molecule has 8 heteroatoms. The highest BCUT2D eigenvalue weighted by molar-refractivity contribution is 6.42. The maximum absolute atomic E-state index is 12.7. The highest BCUT2D eigenvalue weighted by atomic mass is 35.5. The van der Waals surface area contributed by atoms with Crippen molar-refractivity contribution in [3.05, 3.63) is 57.7 Å². The summed E-state index contributed by atoms with van der Waals surface area (Å²) in [6, 6.07) is 7.16. The van der Waals surface area contributed by atoms with Crippen LogP contribution >= 0.6 is 23.2 Å². The third-order valence-electron chi connectivity index (χ3n) is 4.95. The molecule has 27 heavy (non-hydrogen) atoms. The number of anilines is 1. The number of carbonyl (C=O) groups excluding carboxylic acids is 1. The molecule has 0 radical (unpaired) electrons. The lowest BCUT2D eigenvalue weighted by Crippen LogP contribution is -2.30. The molecule has 0 saturated heterocycles. The SMILES string of the molecule is Cc1cc(NC(=O)C2CCn3c(cnc3C)C2)nn1-c1ccc(Cl)c(Cl)c1. The van der Waals surface area contributed by atoms with E-state index in [2.05, 4.69) is 20.0 Å². The van der Waals surface area contributed by atoms with Gasteiger partial charge in [-0.2, -0.15) is 0 Å². The van der Waals surface area contributed by atoms with Gasteiger partial charge in [-0.1, -0.05) is 23.2 Å². The Bertz CT molecular complexity index is 1020. The Balaban J connectivity index is 1.50. The normalized spacial score (nSPS) is 16.2. The average Bonchev–Trinajstić information content (AvgIpc) is 3.20. The minimum atomic E-state index is -0.0796. The van der Waals surface area contributed by atoms with Crippen LogP contribution in [0.3, 0.4) is 0 Å². The first-order chi connectivity index (χ1) is 12.9. The van der Waals surface area contributed by atoms with Crippen molar-refractivity contribution < 1.29 is 4.79 Å². The summed E-state index contributed by atoms with van der Waals surface area (Å²) >= 11 is 12.1. The van der Waals surface area contributed by atoms with Gasteiger partial charge >= 0.3 is 0 Å². The number of halogens is 2. The van der Waals surface area contributed by atoms with Crippen LogP contribution in [-0.2, 0) is 17.8 Å². The van der Waals surface area contributed by atoms with Gasteiger partial charge < -0.3 is 9.88 Å². The van der Waals surface area contributed by atoms with Gasteiger partial charge in [-0.05, 0) is 38.5 Å². The standard InChI is InChI=1S/C19H19Cl2N5O/c1-11-7-18(24-26(11)14-3-4-16(20)17(21)9-14)23-19(27)13-5-6-25-12(2)22-10-15(25)8-13/h3-4,7,9-10,13H,5-6,8H2,1-2H3,(H,23,24,27). The third-order valence-corrected chi connectivity index (χ3v) is 5.69. The van der Waals surface area contributed by atoms with E-state index in [9.17, 15) is 4.79 Å². The van der Waals surface area contributed by atoms with Crippen molar-refractivity contribution in [1.82, 2.24) is 19.3 Å². The molecule has 140 valence electrons. The van der Waals surface area contributed by atoms with E-state index in [-0.39, 0.29) is 11.8 Å². The highest BCUT2D eigenvalue weighted by Gasteiger charge is 2.26. The first-order valence-electron chi connectivity index (χ1n) is 8.76. The molecule has 3 heterocycles. The Labute approximate surface area is 167 Å². The van der Waals surface area contributed by atoms with Crippen molar-refractivity contribution in [2.75, 3.05) is 5.32 Å². The quantitative estimate of drug-likeness (QED) is 0.712. The number of nitrogens with one attached hydrogen (secondary N) is 1. The summed E-state index contributed by atoms with van der Waals surface area (Å²) in [5.41, 5.74) is 2.79. The molecule has 0 bridgehead atoms. The van der Waals surface area contributed by atoms with Gasteiger partial charge in [-0.15, -0.1) is 5.10 Å². The van der Waals surface area contributed by atoms with Crippen LogP contribution < -0.4 is 5.32 Å². The summed E-state index contributed by atoms with van der Waals surface area (Å²) in [5, 5.41) is 8.40. The van der Waals surface area contributed by atoms with Crippen LogP contribution in [0.1, 0.15) is 23.6 Å². The number of hydrogen-bond donors (Lipinski definition) is 1. The van der Waals surface area contributed by atoms with Gasteiger partial charge in [0.1, 0.15) is 5.82 Å². The number of amides is 1. The fourth-order valence-electron chi connectivity index (χ4n) is 3.49. The molecule has 1 unspecified atom stereocenters. The van der Waals surface area contributed by atoms with Crippen LogP contribution in [0.2, 0.25) is 10.0 Å². The number of carbonyl (C=O) groups is 1. The molecule has 0 spiro atoms. The smallest absolute Gasteiger partial charge is 0.229 e. The monoisotopic (exact) mass is 403 g/mol. The second kappa shape index (κ2) is 7.02. The number of hydrogen-bond acceptors (Lipinski definition) is 3. The van der Waals surface area contributed by atoms with Gasteiger partial charge in [-0.3, -0.25) is 4.79 Å². The number of benzene rings is 1. The predicted molar refractivity (Wildman–Crippen MR) is 106 cm³/mol. The van der Waals surface area contributed by atoms with Crippen LogP contribution in [0.5, 0.6) is 0 Å². The lowest BCUT2D eigenvalue weighted by molar-refractivity contribution is -0.120. The van der Waals surface area contributed by atoms with Crippen molar-refractivity contribution in [3.63, 3.8) is 0 Å². The van der Waals surface area contributed by atoms with Gasteiger partial charge in [0, 0.05) is 42.5 Å². The van der Waals surface area contributed by atoms with Gasteiger partial charge in [0.25, 0.3) is 0 Å². The van der Waals surface area contributed by atoms with Crippen molar-refractivity contribution in [2.45, 2.75) is 33.2 Å². The zero-order valence-corrected chi connectivity index (χ0v) is 16.6. The molecule has 1 aliphatic rings. The third kappa shape index (κ3) is 3.47. The molecule has 1 aliphatic heterocycles. The van der Waals surface area contributed by atoms with Crippen LogP contribution in [0.25, 0.3) is 5.69 Å². The first-order valence-corrected chi connectivity index (χ1v) is 9.52. The van der Waals surface area contributed by atoms with Crippen molar-refractivity contribution >= 4 is 34.9 Å². The topological polar surface area (TPSA) is 64.7 Å². The fourth-order valence-corrected chi connectivity index (χ4v) is 3.78. The van der Waals surface area contributed by atoms with Crippen LogP contribution in [0, 0.1) is 19.8 Å². The van der Waals surface area contributed by atoms with Gasteiger partial charge in [0.2, 0.25) is 5.91 Å². The highest BCUT2D eigenvalue weighted by Crippen LogP contribution is 2.26. The number of imidazole rings is 1. The van der Waals surface area contributed by atoms with Crippen LogP contribution in [0.4, 0.5) is 5.82 Å². The molecule has 0 aliphatic carbocycles. The molecule has 1 aromatic carbocycles. The van der Waals surface area contributed by atoms with E-state index >= 15 is 0 Å². The molecular weight excluding hydrogens is 385 g/mol. The lowest BCUT2D eigenvalue weighted by atomic mass is 9.95. The predicted octanol–water partition coefficient (Wildman–Crippen LogP) is 4.19. The Morgan fingerprint density at radius 2 is 2.04 bits per heavy atom. The molecule has 1 N–H and O–H groups in total. The molecule has 0 saturated carbocycles. The van der Waals surface area contributed by atoms with E-state index in [4.69, 9.17) is 23.2 Å². The fraction of sp³-hybridized carbons (Fsp3) is 0.316. The van der Waals surface area contributed by atoms with Crippen molar-refractivity contribution in [1.29, 1.82) is 0 Å². The molecule has 3 aromatic rings. The van der Waals surface area contributed by atoms with Crippen LogP contribution in [-0.4, -0.2) is 25.2 Å². The number of fused-ring (bicyclic) bond motifs is 1. The van der Waals surface area contributed by atoms with E-state index < -0.39 is 0 Å². The van der Waals surface area contributed by atoms with E-state index in [0.717, 1.165) is 35.9 Å². The van der Waals surface area contributed by atoms with E-state index in [1.165, 1.54) is 0 Å². The summed E-state index contributed by atoms with van der Waals surface area (Å²) in [7, 11) is 0. The number of aromatic nitrogens is 4. The Kier molecular flexibility index (Phi) is 4.70. The van der Waals surface area contributed by atoms with Crippen molar-refractivity contribution in [3.8, 4) is 5.69 Å². The maximum atomic E-state index is 12.7. The average molecular weight is 404 g/mol. The second-order valence-corrected chi connectivity index (χ2v) is 7.62. The van der Waals surface area contributed by atoms with Crippen molar-refractivity contribution in [2.24, 2.45) is 5.92 Å². The molecular formula is C19H19Cl2N5O. The van der Waals surface area contributed by atoms with Crippen LogP contribution in [0.15, 0.2) is 30.5 Å². The maximum Gasteiger partial charge on any atom is 0.229 e. The summed E-state index contributed by atoms with van der Waals surface area (Å²) < 4.78 is 3.91. The molecule has 2 aromatic heterocycles. The molecule has 1 atom stereocenters. The number of rotatable bonds is 3. The Morgan fingerprint density at radius 1 is 1.22 bits per heavy atom. The minimum Gasteiger partial charge on any atom is -0.332 e. The van der Waals surface area contributed by atoms with E-state index in [1.54, 1.807) is 16.8 Å². The Morgan fingerprint density at radius 3 is 2.81 bits per heavy atom. The van der Waals surface area contributed by atoms with E-state index in [1.807, 2.05) is 32.2 Å². The zero-order chi connectivity index (χ0) is 19.1. The molecule has 1 amide bonds.